The molecule has 12 heteroatoms. The van der Waals surface area contributed by atoms with Gasteiger partial charge in [-0.1, -0.05) is 105 Å². The molecule has 4 N–H and O–H groups in total. The van der Waals surface area contributed by atoms with E-state index in [0.717, 1.165) is 27.8 Å². The van der Waals surface area contributed by atoms with Gasteiger partial charge in [0.25, 0.3) is 0 Å². The fourth-order valence-corrected chi connectivity index (χ4v) is 8.11. The quantitative estimate of drug-likeness (QED) is 0.0758. The predicted octanol–water partition coefficient (Wildman–Crippen LogP) is 7.66. The standard InChI is InChI=1S/C49H65N5O7/c1-32(2)29-36(52-48(59)61-49(5,6)7)26-25-35(30-34-17-9-8-10-18-34)46(57)54-28-16-24-43(54)45(56)53-42(44(55)51-33(3)4)23-15-27-50-47(58)60-31-41-39-21-13-11-19-37(39)38-20-12-14-22-40(38)41/h8-14,17-22,25-26,32-33,35-36,41-43H,15-16,23-24,27-31H2,1-7H3,(H,50,58)(H,51,55)(H,52,59)(H,53,56)/b26-25+/t35?,36?,42?,43-/m0/s1. The number of carbonyl (C=O) groups is 5. The Balaban J connectivity index is 1.21. The van der Waals surface area contributed by atoms with Crippen molar-refractivity contribution < 1.29 is 33.4 Å². The van der Waals surface area contributed by atoms with Crippen molar-refractivity contribution >= 4 is 29.9 Å². The van der Waals surface area contributed by atoms with Gasteiger partial charge < -0.3 is 35.6 Å². The molecule has 1 heterocycles. The number of fused-ring (bicyclic) bond motifs is 3. The number of nitrogens with zero attached hydrogens (tertiary/aromatic N) is 1. The van der Waals surface area contributed by atoms with E-state index in [1.807, 2.05) is 101 Å². The molecule has 1 fully saturated rings. The molecule has 0 aromatic heterocycles. The molecule has 328 valence electrons. The molecule has 1 aliphatic carbocycles. The molecule has 0 bridgehead atoms. The smallest absolute Gasteiger partial charge is 0.408 e. The molecule has 0 spiro atoms. The van der Waals surface area contributed by atoms with Crippen molar-refractivity contribution in [1.29, 1.82) is 0 Å². The molecule has 0 radical (unpaired) electrons. The fourth-order valence-electron chi connectivity index (χ4n) is 8.11. The first-order chi connectivity index (χ1) is 29.1. The van der Waals surface area contributed by atoms with E-state index in [1.165, 1.54) is 0 Å². The average Bonchev–Trinajstić information content (AvgIpc) is 3.82. The van der Waals surface area contributed by atoms with Gasteiger partial charge in [-0.15, -0.1) is 0 Å². The number of ether oxygens (including phenoxy) is 2. The molecule has 1 saturated heterocycles. The highest BCUT2D eigenvalue weighted by Gasteiger charge is 2.38. The SMILES string of the molecule is CC(C)CC(/C=C/C(Cc1ccccc1)C(=O)N1CCC[C@H]1C(=O)NC(CCCNC(=O)OCC1c2ccccc2-c2ccccc21)C(=O)NC(C)C)NC(=O)OC(C)(C)C. The lowest BCUT2D eigenvalue weighted by Gasteiger charge is -2.29. The van der Waals surface area contributed by atoms with E-state index in [4.69, 9.17) is 9.47 Å². The first-order valence-electron chi connectivity index (χ1n) is 21.8. The maximum Gasteiger partial charge on any atom is 0.408 e. The fraction of sp³-hybridized carbons (Fsp3) is 0.490. The van der Waals surface area contributed by atoms with Gasteiger partial charge in [-0.25, -0.2) is 9.59 Å². The largest absolute Gasteiger partial charge is 0.449 e. The number of amides is 5. The van der Waals surface area contributed by atoms with Crippen LogP contribution >= 0.6 is 0 Å². The molecule has 12 nitrogen and oxygen atoms in total. The van der Waals surface area contributed by atoms with E-state index in [-0.39, 0.29) is 55.3 Å². The van der Waals surface area contributed by atoms with E-state index in [2.05, 4.69) is 59.4 Å². The topological polar surface area (TPSA) is 155 Å². The summed E-state index contributed by atoms with van der Waals surface area (Å²) in [6.45, 7) is 14.1. The van der Waals surface area contributed by atoms with Gasteiger partial charge in [0.2, 0.25) is 17.7 Å². The van der Waals surface area contributed by atoms with E-state index in [1.54, 1.807) is 4.90 Å². The van der Waals surface area contributed by atoms with E-state index in [0.29, 0.717) is 38.6 Å². The minimum absolute atomic E-state index is 0.0629. The van der Waals surface area contributed by atoms with Crippen molar-refractivity contribution in [2.24, 2.45) is 11.8 Å². The molecular formula is C49H65N5O7. The lowest BCUT2D eigenvalue weighted by molar-refractivity contribution is -0.141. The van der Waals surface area contributed by atoms with Gasteiger partial charge in [0.05, 0.1) is 12.0 Å². The first-order valence-corrected chi connectivity index (χ1v) is 21.8. The molecule has 3 aromatic rings. The van der Waals surface area contributed by atoms with Crippen molar-refractivity contribution in [3.63, 3.8) is 0 Å². The second kappa shape index (κ2) is 21.7. The van der Waals surface area contributed by atoms with Crippen molar-refractivity contribution in [1.82, 2.24) is 26.2 Å². The number of rotatable bonds is 18. The minimum atomic E-state index is -0.882. The summed E-state index contributed by atoms with van der Waals surface area (Å²) in [5.74, 6) is -1.36. The zero-order chi connectivity index (χ0) is 44.1. The average molecular weight is 836 g/mol. The number of carbonyl (C=O) groups excluding carboxylic acids is 5. The lowest BCUT2D eigenvalue weighted by atomic mass is 9.95. The zero-order valence-corrected chi connectivity index (χ0v) is 36.9. The van der Waals surface area contributed by atoms with Crippen molar-refractivity contribution in [3.8, 4) is 11.1 Å². The number of benzene rings is 3. The maximum absolute atomic E-state index is 14.5. The summed E-state index contributed by atoms with van der Waals surface area (Å²) in [6, 6.07) is 23.8. The molecule has 3 aromatic carbocycles. The predicted molar refractivity (Wildman–Crippen MR) is 238 cm³/mol. The molecule has 4 atom stereocenters. The van der Waals surface area contributed by atoms with Gasteiger partial charge in [-0.2, -0.15) is 0 Å². The molecule has 2 aliphatic rings. The Labute approximate surface area is 361 Å². The Hall–Kier alpha value is -5.65. The highest BCUT2D eigenvalue weighted by atomic mass is 16.6. The number of alkyl carbamates (subject to hydrolysis) is 2. The normalized spacial score (nSPS) is 16.4. The number of likely N-dealkylation sites (tertiary alicyclic amines) is 1. The third-order valence-corrected chi connectivity index (χ3v) is 10.8. The van der Waals surface area contributed by atoms with Crippen LogP contribution < -0.4 is 21.3 Å². The summed E-state index contributed by atoms with van der Waals surface area (Å²) < 4.78 is 11.2. The highest BCUT2D eigenvalue weighted by Crippen LogP contribution is 2.44. The lowest BCUT2D eigenvalue weighted by Crippen LogP contribution is -2.54. The van der Waals surface area contributed by atoms with Crippen LogP contribution in [0.3, 0.4) is 0 Å². The van der Waals surface area contributed by atoms with E-state index in [9.17, 15) is 24.0 Å². The molecule has 0 saturated carbocycles. The maximum atomic E-state index is 14.5. The van der Waals surface area contributed by atoms with Gasteiger partial charge in [0, 0.05) is 25.0 Å². The van der Waals surface area contributed by atoms with Crippen LogP contribution in [0.2, 0.25) is 0 Å². The van der Waals surface area contributed by atoms with Crippen LogP contribution in [0.4, 0.5) is 9.59 Å². The summed E-state index contributed by atoms with van der Waals surface area (Å²) >= 11 is 0. The van der Waals surface area contributed by atoms with Crippen molar-refractivity contribution in [2.75, 3.05) is 19.7 Å². The van der Waals surface area contributed by atoms with Crippen molar-refractivity contribution in [2.45, 2.75) is 123 Å². The number of hydrogen-bond donors (Lipinski definition) is 4. The summed E-state index contributed by atoms with van der Waals surface area (Å²) in [5.41, 5.74) is 4.84. The van der Waals surface area contributed by atoms with Crippen LogP contribution in [0.25, 0.3) is 11.1 Å². The summed E-state index contributed by atoms with van der Waals surface area (Å²) in [6.07, 6.45) is 5.40. The van der Waals surface area contributed by atoms with Gasteiger partial charge in [0.1, 0.15) is 24.3 Å². The molecule has 5 rings (SSSR count). The molecule has 5 amide bonds. The molecular weight excluding hydrogens is 771 g/mol. The van der Waals surface area contributed by atoms with E-state index < -0.39 is 41.7 Å². The summed E-state index contributed by atoms with van der Waals surface area (Å²) in [4.78, 5) is 69.1. The minimum Gasteiger partial charge on any atom is -0.449 e. The van der Waals surface area contributed by atoms with Crippen molar-refractivity contribution in [3.05, 3.63) is 108 Å². The first kappa shape index (κ1) is 46.4. The van der Waals surface area contributed by atoms with Gasteiger partial charge in [0.15, 0.2) is 0 Å². The van der Waals surface area contributed by atoms with E-state index >= 15 is 0 Å². The van der Waals surface area contributed by atoms with Crippen LogP contribution in [0, 0.1) is 11.8 Å². The Morgan fingerprint density at radius 1 is 0.803 bits per heavy atom. The second-order valence-corrected chi connectivity index (χ2v) is 17.9. The monoisotopic (exact) mass is 835 g/mol. The third-order valence-electron chi connectivity index (χ3n) is 10.8. The van der Waals surface area contributed by atoms with Crippen LogP contribution in [-0.4, -0.2) is 84.3 Å². The number of hydrogen-bond acceptors (Lipinski definition) is 7. The van der Waals surface area contributed by atoms with Gasteiger partial charge in [-0.05, 0) is 107 Å². The summed E-state index contributed by atoms with van der Waals surface area (Å²) in [5, 5.41) is 11.6. The zero-order valence-electron chi connectivity index (χ0n) is 36.9. The highest BCUT2D eigenvalue weighted by molar-refractivity contribution is 5.93. The summed E-state index contributed by atoms with van der Waals surface area (Å²) in [7, 11) is 0. The second-order valence-electron chi connectivity index (χ2n) is 17.9. The van der Waals surface area contributed by atoms with Gasteiger partial charge >= 0.3 is 12.2 Å². The van der Waals surface area contributed by atoms with Gasteiger partial charge in [-0.3, -0.25) is 14.4 Å². The Bertz CT molecular complexity index is 1950. The van der Waals surface area contributed by atoms with Crippen LogP contribution in [-0.2, 0) is 30.3 Å². The Kier molecular flexibility index (Phi) is 16.5. The third kappa shape index (κ3) is 13.7. The van der Waals surface area contributed by atoms with Crippen LogP contribution in [0.1, 0.15) is 103 Å². The number of nitrogens with one attached hydrogen (secondary N) is 4. The Morgan fingerprint density at radius 2 is 1.44 bits per heavy atom. The molecule has 1 aliphatic heterocycles. The molecule has 3 unspecified atom stereocenters. The Morgan fingerprint density at radius 3 is 2.07 bits per heavy atom. The van der Waals surface area contributed by atoms with Crippen LogP contribution in [0.15, 0.2) is 91.0 Å². The van der Waals surface area contributed by atoms with Crippen LogP contribution in [0.5, 0.6) is 0 Å². The molecule has 61 heavy (non-hydrogen) atoms.